The van der Waals surface area contributed by atoms with Gasteiger partial charge in [-0.25, -0.2) is 0 Å². The molecular weight excluding hydrogens is 308 g/mol. The molecule has 0 bridgehead atoms. The molecular formula is C17H12N4OS. The Bertz CT molecular complexity index is 868. The maximum absolute atomic E-state index is 12.1. The van der Waals surface area contributed by atoms with Gasteiger partial charge in [0.2, 0.25) is 0 Å². The lowest BCUT2D eigenvalue weighted by molar-refractivity contribution is 0.0951. The molecule has 0 aliphatic rings. The topological polar surface area (TPSA) is 78.7 Å². The molecule has 0 saturated heterocycles. The van der Waals surface area contributed by atoms with E-state index in [0.29, 0.717) is 17.7 Å². The summed E-state index contributed by atoms with van der Waals surface area (Å²) in [5.74, 6) is -0.237. The van der Waals surface area contributed by atoms with Crippen LogP contribution >= 0.6 is 11.3 Å². The minimum absolute atomic E-state index is 0.237. The summed E-state index contributed by atoms with van der Waals surface area (Å²) in [6.07, 6.45) is 0. The van der Waals surface area contributed by atoms with Crippen molar-refractivity contribution < 1.29 is 4.79 Å². The van der Waals surface area contributed by atoms with Gasteiger partial charge in [-0.3, -0.25) is 4.79 Å². The molecule has 0 aliphatic carbocycles. The van der Waals surface area contributed by atoms with Gasteiger partial charge in [0.15, 0.2) is 0 Å². The van der Waals surface area contributed by atoms with Gasteiger partial charge in [0.05, 0.1) is 18.2 Å². The number of rotatable bonds is 4. The van der Waals surface area contributed by atoms with Crippen molar-refractivity contribution in [3.05, 3.63) is 70.7 Å². The van der Waals surface area contributed by atoms with Crippen molar-refractivity contribution in [3.63, 3.8) is 0 Å². The standard InChI is InChI=1S/C17H12N4OS/c18-10-12-5-4-8-14(9-12)16(22)19-11-15-20-21-17(23-15)13-6-2-1-3-7-13/h1-9H,11H2,(H,19,22). The summed E-state index contributed by atoms with van der Waals surface area (Å²) in [5.41, 5.74) is 1.92. The Morgan fingerprint density at radius 1 is 1.13 bits per heavy atom. The summed E-state index contributed by atoms with van der Waals surface area (Å²) in [4.78, 5) is 12.1. The van der Waals surface area contributed by atoms with Gasteiger partial charge in [0, 0.05) is 11.1 Å². The van der Waals surface area contributed by atoms with E-state index in [1.54, 1.807) is 24.3 Å². The second kappa shape index (κ2) is 6.81. The van der Waals surface area contributed by atoms with Crippen LogP contribution < -0.4 is 5.32 Å². The molecule has 3 rings (SSSR count). The van der Waals surface area contributed by atoms with E-state index in [0.717, 1.165) is 15.6 Å². The second-order valence-electron chi connectivity index (χ2n) is 4.74. The maximum atomic E-state index is 12.1. The molecule has 2 aromatic carbocycles. The number of nitriles is 1. The van der Waals surface area contributed by atoms with E-state index in [4.69, 9.17) is 5.26 Å². The first-order valence-corrected chi connectivity index (χ1v) is 7.74. The largest absolute Gasteiger partial charge is 0.345 e. The molecule has 5 nitrogen and oxygen atoms in total. The average molecular weight is 320 g/mol. The van der Waals surface area contributed by atoms with E-state index in [1.807, 2.05) is 36.4 Å². The molecule has 23 heavy (non-hydrogen) atoms. The smallest absolute Gasteiger partial charge is 0.251 e. The third-order valence-corrected chi connectivity index (χ3v) is 4.11. The number of benzene rings is 2. The molecule has 0 spiro atoms. The molecule has 6 heteroatoms. The number of hydrogen-bond acceptors (Lipinski definition) is 5. The third-order valence-electron chi connectivity index (χ3n) is 3.14. The molecule has 1 aromatic heterocycles. The van der Waals surface area contributed by atoms with Gasteiger partial charge in [-0.05, 0) is 18.2 Å². The Morgan fingerprint density at radius 3 is 2.74 bits per heavy atom. The summed E-state index contributed by atoms with van der Waals surface area (Å²) in [5, 5.41) is 21.4. The Balaban J connectivity index is 1.66. The normalized spacial score (nSPS) is 10.0. The van der Waals surface area contributed by atoms with Crippen LogP contribution in [-0.2, 0) is 6.54 Å². The molecule has 0 unspecified atom stereocenters. The zero-order chi connectivity index (χ0) is 16.1. The van der Waals surface area contributed by atoms with Gasteiger partial charge >= 0.3 is 0 Å². The first-order chi connectivity index (χ1) is 11.3. The molecule has 112 valence electrons. The zero-order valence-electron chi connectivity index (χ0n) is 12.1. The Hall–Kier alpha value is -3.04. The van der Waals surface area contributed by atoms with Crippen LogP contribution in [0.3, 0.4) is 0 Å². The van der Waals surface area contributed by atoms with Crippen LogP contribution in [0.25, 0.3) is 10.6 Å². The van der Waals surface area contributed by atoms with Crippen LogP contribution in [-0.4, -0.2) is 16.1 Å². The van der Waals surface area contributed by atoms with Crippen LogP contribution in [0.4, 0.5) is 0 Å². The summed E-state index contributed by atoms with van der Waals surface area (Å²) in [6.45, 7) is 0.306. The first-order valence-electron chi connectivity index (χ1n) is 6.92. The van der Waals surface area contributed by atoms with Gasteiger partial charge in [-0.15, -0.1) is 10.2 Å². The molecule has 0 saturated carbocycles. The third kappa shape index (κ3) is 3.59. The monoisotopic (exact) mass is 320 g/mol. The first kappa shape index (κ1) is 14.9. The Kier molecular flexibility index (Phi) is 4.41. The molecule has 1 N–H and O–H groups in total. The lowest BCUT2D eigenvalue weighted by Crippen LogP contribution is -2.22. The van der Waals surface area contributed by atoms with E-state index >= 15 is 0 Å². The van der Waals surface area contributed by atoms with E-state index < -0.39 is 0 Å². The van der Waals surface area contributed by atoms with Crippen molar-refractivity contribution in [1.29, 1.82) is 5.26 Å². The summed E-state index contributed by atoms with van der Waals surface area (Å²) in [6, 6.07) is 18.4. The van der Waals surface area contributed by atoms with Gasteiger partial charge in [-0.1, -0.05) is 47.7 Å². The number of nitrogens with zero attached hydrogens (tertiary/aromatic N) is 3. The van der Waals surface area contributed by atoms with E-state index in [9.17, 15) is 4.79 Å². The van der Waals surface area contributed by atoms with Gasteiger partial charge in [0.25, 0.3) is 5.91 Å². The molecule has 1 amide bonds. The molecule has 0 aliphatic heterocycles. The van der Waals surface area contributed by atoms with Crippen LogP contribution in [0.1, 0.15) is 20.9 Å². The van der Waals surface area contributed by atoms with Gasteiger partial charge in [0.1, 0.15) is 10.0 Å². The minimum Gasteiger partial charge on any atom is -0.345 e. The SMILES string of the molecule is N#Cc1cccc(C(=O)NCc2nnc(-c3ccccc3)s2)c1. The van der Waals surface area contributed by atoms with Crippen LogP contribution in [0.2, 0.25) is 0 Å². The summed E-state index contributed by atoms with van der Waals surface area (Å²) >= 11 is 1.44. The van der Waals surface area contributed by atoms with Crippen molar-refractivity contribution in [1.82, 2.24) is 15.5 Å². The number of aromatic nitrogens is 2. The van der Waals surface area contributed by atoms with E-state index in [1.165, 1.54) is 11.3 Å². The molecule has 0 fully saturated rings. The minimum atomic E-state index is -0.237. The van der Waals surface area contributed by atoms with Crippen molar-refractivity contribution >= 4 is 17.2 Å². The van der Waals surface area contributed by atoms with Crippen molar-refractivity contribution in [2.75, 3.05) is 0 Å². The molecule has 0 atom stereocenters. The number of carbonyl (C=O) groups excluding carboxylic acids is 1. The highest BCUT2D eigenvalue weighted by Crippen LogP contribution is 2.22. The molecule has 0 radical (unpaired) electrons. The number of carbonyl (C=O) groups is 1. The highest BCUT2D eigenvalue weighted by atomic mass is 32.1. The Labute approximate surface area is 137 Å². The predicted molar refractivity (Wildman–Crippen MR) is 87.7 cm³/mol. The molecule has 1 heterocycles. The highest BCUT2D eigenvalue weighted by Gasteiger charge is 2.09. The summed E-state index contributed by atoms with van der Waals surface area (Å²) in [7, 11) is 0. The number of amides is 1. The van der Waals surface area contributed by atoms with Crippen molar-refractivity contribution in [3.8, 4) is 16.6 Å². The molecule has 3 aromatic rings. The van der Waals surface area contributed by atoms with E-state index in [2.05, 4.69) is 15.5 Å². The zero-order valence-corrected chi connectivity index (χ0v) is 12.9. The number of hydrogen-bond donors (Lipinski definition) is 1. The summed E-state index contributed by atoms with van der Waals surface area (Å²) < 4.78 is 0. The van der Waals surface area contributed by atoms with Gasteiger partial charge in [-0.2, -0.15) is 5.26 Å². The average Bonchev–Trinajstić information content (AvgIpc) is 3.09. The Morgan fingerprint density at radius 2 is 1.96 bits per heavy atom. The fraction of sp³-hybridized carbons (Fsp3) is 0.0588. The fourth-order valence-corrected chi connectivity index (χ4v) is 2.80. The van der Waals surface area contributed by atoms with Crippen LogP contribution in [0.15, 0.2) is 54.6 Å². The highest BCUT2D eigenvalue weighted by molar-refractivity contribution is 7.14. The van der Waals surface area contributed by atoms with Gasteiger partial charge < -0.3 is 5.32 Å². The van der Waals surface area contributed by atoms with Crippen LogP contribution in [0, 0.1) is 11.3 Å². The lowest BCUT2D eigenvalue weighted by atomic mass is 10.1. The fourth-order valence-electron chi connectivity index (χ4n) is 2.01. The predicted octanol–water partition coefficient (Wildman–Crippen LogP) is 3.01. The van der Waals surface area contributed by atoms with Crippen LogP contribution in [0.5, 0.6) is 0 Å². The second-order valence-corrected chi connectivity index (χ2v) is 5.80. The van der Waals surface area contributed by atoms with Crippen molar-refractivity contribution in [2.45, 2.75) is 6.54 Å². The number of nitrogens with one attached hydrogen (secondary N) is 1. The maximum Gasteiger partial charge on any atom is 0.251 e. The van der Waals surface area contributed by atoms with E-state index in [-0.39, 0.29) is 5.91 Å². The lowest BCUT2D eigenvalue weighted by Gasteiger charge is -2.02. The van der Waals surface area contributed by atoms with Crippen molar-refractivity contribution in [2.24, 2.45) is 0 Å². The quantitative estimate of drug-likeness (QED) is 0.801.